The first-order valence-corrected chi connectivity index (χ1v) is 6.62. The Bertz CT molecular complexity index is 653. The summed E-state index contributed by atoms with van der Waals surface area (Å²) in [4.78, 5) is 16.5. The van der Waals surface area contributed by atoms with Gasteiger partial charge in [0.15, 0.2) is 5.13 Å². The number of amides is 1. The fraction of sp³-hybridized carbons (Fsp3) is 0.143. The van der Waals surface area contributed by atoms with Crippen LogP contribution in [0.2, 0.25) is 0 Å². The van der Waals surface area contributed by atoms with Crippen LogP contribution in [0, 0.1) is 11.8 Å². The molecular formula is C14H12N2O3S. The first-order valence-electron chi connectivity index (χ1n) is 5.80. The van der Waals surface area contributed by atoms with Crippen molar-refractivity contribution in [1.82, 2.24) is 4.98 Å². The second-order valence-corrected chi connectivity index (χ2v) is 4.91. The highest BCUT2D eigenvalue weighted by Crippen LogP contribution is 2.17. The Morgan fingerprint density at radius 3 is 2.80 bits per heavy atom. The molecule has 0 bridgehead atoms. The van der Waals surface area contributed by atoms with Gasteiger partial charge in [-0.1, -0.05) is 35.3 Å². The molecule has 0 unspecified atom stereocenters. The zero-order valence-electron chi connectivity index (χ0n) is 10.5. The summed E-state index contributed by atoms with van der Waals surface area (Å²) in [6, 6.07) is 6.45. The molecule has 0 spiro atoms. The molecule has 1 amide bonds. The quantitative estimate of drug-likeness (QED) is 0.745. The first kappa shape index (κ1) is 14.1. The van der Waals surface area contributed by atoms with Gasteiger partial charge >= 0.3 is 0 Å². The van der Waals surface area contributed by atoms with E-state index < -0.39 is 0 Å². The minimum absolute atomic E-state index is 0.168. The average Bonchev–Trinajstić information content (AvgIpc) is 2.86. The number of hydrogen-bond acceptors (Lipinski definition) is 5. The molecule has 1 heterocycles. The van der Waals surface area contributed by atoms with Crippen molar-refractivity contribution in [3.8, 4) is 17.6 Å². The molecule has 0 atom stereocenters. The lowest BCUT2D eigenvalue weighted by Crippen LogP contribution is -2.13. The first-order chi connectivity index (χ1) is 9.67. The molecule has 102 valence electrons. The average molecular weight is 288 g/mol. The van der Waals surface area contributed by atoms with Crippen LogP contribution in [0.25, 0.3) is 0 Å². The number of thiazole rings is 1. The number of hydrogen-bond donors (Lipinski definition) is 3. The highest BCUT2D eigenvalue weighted by molar-refractivity contribution is 7.16. The monoisotopic (exact) mass is 288 g/mol. The van der Waals surface area contributed by atoms with Crippen molar-refractivity contribution < 1.29 is 15.0 Å². The Morgan fingerprint density at radius 2 is 2.10 bits per heavy atom. The molecule has 20 heavy (non-hydrogen) atoms. The third kappa shape index (κ3) is 4.09. The van der Waals surface area contributed by atoms with Gasteiger partial charge in [-0.05, 0) is 17.7 Å². The topological polar surface area (TPSA) is 82.5 Å². The lowest BCUT2D eigenvalue weighted by molar-refractivity contribution is -0.115. The summed E-state index contributed by atoms with van der Waals surface area (Å²) >= 11 is 1.25. The van der Waals surface area contributed by atoms with Gasteiger partial charge in [-0.25, -0.2) is 4.98 Å². The third-order valence-electron chi connectivity index (χ3n) is 2.34. The van der Waals surface area contributed by atoms with Crippen LogP contribution in [-0.2, 0) is 11.2 Å². The number of nitrogens with zero attached hydrogens (tertiary/aromatic N) is 1. The summed E-state index contributed by atoms with van der Waals surface area (Å²) in [6.07, 6.45) is 1.75. The van der Waals surface area contributed by atoms with Crippen LogP contribution in [0.5, 0.6) is 5.75 Å². The van der Waals surface area contributed by atoms with Crippen molar-refractivity contribution in [2.45, 2.75) is 6.42 Å². The largest absolute Gasteiger partial charge is 0.508 e. The molecule has 0 fully saturated rings. The van der Waals surface area contributed by atoms with E-state index in [9.17, 15) is 4.79 Å². The van der Waals surface area contributed by atoms with E-state index in [0.717, 1.165) is 5.56 Å². The minimum Gasteiger partial charge on any atom is -0.508 e. The Morgan fingerprint density at radius 1 is 1.35 bits per heavy atom. The van der Waals surface area contributed by atoms with Crippen molar-refractivity contribution in [3.63, 3.8) is 0 Å². The van der Waals surface area contributed by atoms with Crippen LogP contribution in [0.1, 0.15) is 10.4 Å². The molecule has 1 aromatic heterocycles. The van der Waals surface area contributed by atoms with E-state index in [2.05, 4.69) is 22.1 Å². The van der Waals surface area contributed by atoms with E-state index in [0.29, 0.717) is 10.0 Å². The molecule has 0 saturated heterocycles. The third-order valence-corrected chi connectivity index (χ3v) is 3.17. The molecule has 0 aliphatic carbocycles. The van der Waals surface area contributed by atoms with Crippen LogP contribution in [-0.4, -0.2) is 27.7 Å². The highest BCUT2D eigenvalue weighted by Gasteiger charge is 2.07. The molecule has 0 aliphatic heterocycles. The number of phenolic OH excluding ortho intramolecular Hbond substituents is 1. The van der Waals surface area contributed by atoms with E-state index in [1.807, 2.05) is 0 Å². The van der Waals surface area contributed by atoms with Gasteiger partial charge in [-0.15, -0.1) is 0 Å². The zero-order valence-corrected chi connectivity index (χ0v) is 11.3. The number of aromatic hydroxyl groups is 1. The van der Waals surface area contributed by atoms with E-state index in [1.54, 1.807) is 18.3 Å². The minimum atomic E-state index is -0.208. The summed E-state index contributed by atoms with van der Waals surface area (Å²) < 4.78 is 0. The maximum Gasteiger partial charge on any atom is 0.230 e. The standard InChI is InChI=1S/C14H12N2O3S/c17-7-1-2-12-9-15-14(20-12)16-13(19)8-10-3-5-11(18)6-4-10/h3-6,9,17-18H,7-8H2,(H,15,16,19). The molecule has 6 heteroatoms. The van der Waals surface area contributed by atoms with Gasteiger partial charge in [0.25, 0.3) is 0 Å². The number of carbonyl (C=O) groups excluding carboxylic acids is 1. The summed E-state index contributed by atoms with van der Waals surface area (Å²) in [5.74, 6) is 5.22. The highest BCUT2D eigenvalue weighted by atomic mass is 32.1. The smallest absolute Gasteiger partial charge is 0.230 e. The normalized spacial score (nSPS) is 9.65. The molecule has 2 rings (SSSR count). The maximum atomic E-state index is 11.8. The Balaban J connectivity index is 1.94. The molecule has 1 aromatic carbocycles. The Labute approximate surface area is 119 Å². The fourth-order valence-electron chi connectivity index (χ4n) is 1.48. The van der Waals surface area contributed by atoms with E-state index in [4.69, 9.17) is 10.2 Å². The zero-order chi connectivity index (χ0) is 14.4. The fourth-order valence-corrected chi connectivity index (χ4v) is 2.19. The van der Waals surface area contributed by atoms with Crippen LogP contribution in [0.4, 0.5) is 5.13 Å². The van der Waals surface area contributed by atoms with Crippen molar-refractivity contribution in [3.05, 3.63) is 40.9 Å². The SMILES string of the molecule is O=C(Cc1ccc(O)cc1)Nc1ncc(C#CCO)s1. The molecule has 5 nitrogen and oxygen atoms in total. The van der Waals surface area contributed by atoms with Crippen LogP contribution in [0.15, 0.2) is 30.5 Å². The molecule has 0 radical (unpaired) electrons. The molecule has 0 aliphatic rings. The number of rotatable bonds is 3. The number of carbonyl (C=O) groups is 1. The van der Waals surface area contributed by atoms with Crippen molar-refractivity contribution >= 4 is 22.4 Å². The summed E-state index contributed by atoms with van der Waals surface area (Å²) in [5.41, 5.74) is 0.803. The Kier molecular flexibility index (Phi) is 4.71. The summed E-state index contributed by atoms with van der Waals surface area (Å²) in [6.45, 7) is -0.208. The lowest BCUT2D eigenvalue weighted by Gasteiger charge is -2.02. The predicted molar refractivity (Wildman–Crippen MR) is 76.5 cm³/mol. The maximum absolute atomic E-state index is 11.8. The number of aliphatic hydroxyl groups is 1. The number of aromatic nitrogens is 1. The number of anilines is 1. The second-order valence-electron chi connectivity index (χ2n) is 3.88. The van der Waals surface area contributed by atoms with Gasteiger partial charge < -0.3 is 15.5 Å². The number of aliphatic hydroxyl groups excluding tert-OH is 1. The van der Waals surface area contributed by atoms with Crippen LogP contribution >= 0.6 is 11.3 Å². The van der Waals surface area contributed by atoms with Crippen LogP contribution in [0.3, 0.4) is 0 Å². The van der Waals surface area contributed by atoms with E-state index in [1.165, 1.54) is 23.5 Å². The molecule has 2 aromatic rings. The van der Waals surface area contributed by atoms with E-state index >= 15 is 0 Å². The molecule has 3 N–H and O–H groups in total. The second kappa shape index (κ2) is 6.70. The number of nitrogens with one attached hydrogen (secondary N) is 1. The molecule has 0 saturated carbocycles. The van der Waals surface area contributed by atoms with E-state index in [-0.39, 0.29) is 24.7 Å². The van der Waals surface area contributed by atoms with Gasteiger partial charge in [-0.3, -0.25) is 4.79 Å². The Hall–Kier alpha value is -2.36. The van der Waals surface area contributed by atoms with Gasteiger partial charge in [0, 0.05) is 0 Å². The number of phenols is 1. The van der Waals surface area contributed by atoms with Crippen molar-refractivity contribution in [1.29, 1.82) is 0 Å². The van der Waals surface area contributed by atoms with Crippen molar-refractivity contribution in [2.75, 3.05) is 11.9 Å². The number of benzene rings is 1. The lowest BCUT2D eigenvalue weighted by atomic mass is 10.1. The van der Waals surface area contributed by atoms with Gasteiger partial charge in [-0.2, -0.15) is 0 Å². The summed E-state index contributed by atoms with van der Waals surface area (Å²) in [7, 11) is 0. The van der Waals surface area contributed by atoms with Gasteiger partial charge in [0.05, 0.1) is 17.5 Å². The molecular weight excluding hydrogens is 276 g/mol. The van der Waals surface area contributed by atoms with Gasteiger partial charge in [0.1, 0.15) is 12.4 Å². The predicted octanol–water partition coefficient (Wildman–Crippen LogP) is 1.37. The van der Waals surface area contributed by atoms with Crippen LogP contribution < -0.4 is 5.32 Å². The van der Waals surface area contributed by atoms with Crippen molar-refractivity contribution in [2.24, 2.45) is 0 Å². The van der Waals surface area contributed by atoms with Gasteiger partial charge in [0.2, 0.25) is 5.91 Å². The summed E-state index contributed by atoms with van der Waals surface area (Å²) in [5, 5.41) is 20.9.